The van der Waals surface area contributed by atoms with Crippen LogP contribution in [0.15, 0.2) is 17.3 Å². The van der Waals surface area contributed by atoms with E-state index in [1.807, 2.05) is 6.26 Å². The van der Waals surface area contributed by atoms with Gasteiger partial charge >= 0.3 is 5.97 Å². The number of thiophene rings is 1. The number of nitrogens with zero attached hydrogens (tertiary/aromatic N) is 2. The number of hydrogen-bond acceptors (Lipinski definition) is 6. The minimum Gasteiger partial charge on any atom is -0.465 e. The van der Waals surface area contributed by atoms with Crippen molar-refractivity contribution < 1.29 is 9.53 Å². The first-order chi connectivity index (χ1) is 7.27. The fourth-order valence-electron chi connectivity index (χ4n) is 1.22. The van der Waals surface area contributed by atoms with Crippen LogP contribution in [0.1, 0.15) is 9.67 Å². The molecular formula is C9H8N2O2S2. The lowest BCUT2D eigenvalue weighted by Crippen LogP contribution is -1.99. The highest BCUT2D eigenvalue weighted by atomic mass is 32.2. The molecule has 2 rings (SSSR count). The average Bonchev–Trinajstić information content (AvgIpc) is 2.66. The standard InChI is InChI=1S/C9H8N2O2S2/c1-13-9(12)7-6(14-2)5-8(15-7)11-4-3-10-5/h3-4H,1-2H3. The maximum Gasteiger partial charge on any atom is 0.349 e. The van der Waals surface area contributed by atoms with Crippen molar-refractivity contribution in [2.75, 3.05) is 13.4 Å². The van der Waals surface area contributed by atoms with Gasteiger partial charge in [0.25, 0.3) is 0 Å². The van der Waals surface area contributed by atoms with Crippen LogP contribution in [0.5, 0.6) is 0 Å². The van der Waals surface area contributed by atoms with E-state index in [1.165, 1.54) is 30.2 Å². The van der Waals surface area contributed by atoms with Gasteiger partial charge in [-0.25, -0.2) is 9.78 Å². The Bertz CT molecular complexity index is 510. The van der Waals surface area contributed by atoms with E-state index in [1.54, 1.807) is 12.4 Å². The molecule has 0 fully saturated rings. The zero-order valence-corrected chi connectivity index (χ0v) is 9.82. The molecule has 6 heteroatoms. The van der Waals surface area contributed by atoms with Crippen LogP contribution >= 0.6 is 23.1 Å². The molecule has 0 saturated carbocycles. The van der Waals surface area contributed by atoms with Gasteiger partial charge in [-0.1, -0.05) is 0 Å². The third-order valence-electron chi connectivity index (χ3n) is 1.86. The number of methoxy groups -OCH3 is 1. The molecule has 2 aromatic rings. The van der Waals surface area contributed by atoms with E-state index in [4.69, 9.17) is 4.74 Å². The Hall–Kier alpha value is -1.14. The summed E-state index contributed by atoms with van der Waals surface area (Å²) >= 11 is 2.79. The van der Waals surface area contributed by atoms with E-state index in [0.29, 0.717) is 4.88 Å². The van der Waals surface area contributed by atoms with Crippen molar-refractivity contribution >= 4 is 39.4 Å². The highest BCUT2D eigenvalue weighted by molar-refractivity contribution is 7.99. The van der Waals surface area contributed by atoms with Crippen LogP contribution in [0.2, 0.25) is 0 Å². The van der Waals surface area contributed by atoms with Crippen molar-refractivity contribution in [3.63, 3.8) is 0 Å². The van der Waals surface area contributed by atoms with Crippen LogP contribution in [0.25, 0.3) is 10.3 Å². The Morgan fingerprint density at radius 3 is 2.87 bits per heavy atom. The molecule has 0 amide bonds. The molecule has 0 spiro atoms. The number of carbonyl (C=O) groups is 1. The topological polar surface area (TPSA) is 52.1 Å². The number of fused-ring (bicyclic) bond motifs is 1. The molecule has 15 heavy (non-hydrogen) atoms. The summed E-state index contributed by atoms with van der Waals surface area (Å²) in [5.41, 5.74) is 0.774. The highest BCUT2D eigenvalue weighted by Crippen LogP contribution is 2.34. The number of aromatic nitrogens is 2. The summed E-state index contributed by atoms with van der Waals surface area (Å²) in [4.78, 5) is 22.0. The molecule has 0 aromatic carbocycles. The second-order valence-corrected chi connectivity index (χ2v) is 4.48. The van der Waals surface area contributed by atoms with Crippen LogP contribution < -0.4 is 0 Å². The van der Waals surface area contributed by atoms with Gasteiger partial charge in [-0.05, 0) is 6.26 Å². The monoisotopic (exact) mass is 240 g/mol. The zero-order chi connectivity index (χ0) is 10.8. The van der Waals surface area contributed by atoms with Crippen molar-refractivity contribution in [2.24, 2.45) is 0 Å². The first-order valence-electron chi connectivity index (χ1n) is 4.13. The lowest BCUT2D eigenvalue weighted by molar-refractivity contribution is 0.0603. The molecule has 78 valence electrons. The summed E-state index contributed by atoms with van der Waals surface area (Å²) in [6, 6.07) is 0. The maximum absolute atomic E-state index is 11.5. The number of carbonyl (C=O) groups excluding carboxylic acids is 1. The average molecular weight is 240 g/mol. The zero-order valence-electron chi connectivity index (χ0n) is 8.18. The molecule has 2 heterocycles. The van der Waals surface area contributed by atoms with Crippen molar-refractivity contribution in [3.8, 4) is 0 Å². The van der Waals surface area contributed by atoms with Crippen molar-refractivity contribution in [2.45, 2.75) is 4.90 Å². The van der Waals surface area contributed by atoms with Crippen molar-refractivity contribution in [1.29, 1.82) is 0 Å². The van der Waals surface area contributed by atoms with Crippen LogP contribution in [-0.4, -0.2) is 29.3 Å². The minimum absolute atomic E-state index is 0.329. The molecule has 4 nitrogen and oxygen atoms in total. The Labute approximate surface area is 94.7 Å². The molecule has 0 radical (unpaired) electrons. The summed E-state index contributed by atoms with van der Waals surface area (Å²) in [5.74, 6) is -0.329. The number of thioether (sulfide) groups is 1. The number of ether oxygens (including phenoxy) is 1. The van der Waals surface area contributed by atoms with E-state index in [0.717, 1.165) is 15.2 Å². The Morgan fingerprint density at radius 1 is 1.47 bits per heavy atom. The van der Waals surface area contributed by atoms with Gasteiger partial charge in [-0.3, -0.25) is 4.98 Å². The largest absolute Gasteiger partial charge is 0.465 e. The summed E-state index contributed by atoms with van der Waals surface area (Å²) in [6.07, 6.45) is 5.14. The second kappa shape index (κ2) is 4.16. The third-order valence-corrected chi connectivity index (χ3v) is 3.86. The number of hydrogen-bond donors (Lipinski definition) is 0. The number of esters is 1. The highest BCUT2D eigenvalue weighted by Gasteiger charge is 2.19. The first-order valence-corrected chi connectivity index (χ1v) is 6.18. The predicted molar refractivity (Wildman–Crippen MR) is 60.5 cm³/mol. The molecule has 0 aliphatic heterocycles. The SMILES string of the molecule is COC(=O)c1sc2nccnc2c1SC. The predicted octanol–water partition coefficient (Wildman–Crippen LogP) is 2.20. The maximum atomic E-state index is 11.5. The fourth-order valence-corrected chi connectivity index (χ4v) is 3.19. The summed E-state index contributed by atoms with van der Waals surface area (Å²) in [5, 5.41) is 0. The molecule has 0 unspecified atom stereocenters. The van der Waals surface area contributed by atoms with Crippen molar-refractivity contribution in [3.05, 3.63) is 17.3 Å². The van der Waals surface area contributed by atoms with Gasteiger partial charge in [-0.2, -0.15) is 0 Å². The van der Waals surface area contributed by atoms with E-state index < -0.39 is 0 Å². The first kappa shape index (κ1) is 10.4. The van der Waals surface area contributed by atoms with Gasteiger partial charge in [0.2, 0.25) is 0 Å². The summed E-state index contributed by atoms with van der Waals surface area (Å²) < 4.78 is 4.71. The van der Waals surface area contributed by atoms with Gasteiger partial charge < -0.3 is 4.74 Å². The van der Waals surface area contributed by atoms with Crippen LogP contribution in [0.4, 0.5) is 0 Å². The normalized spacial score (nSPS) is 10.5. The van der Waals surface area contributed by atoms with Gasteiger partial charge in [0.05, 0.1) is 12.0 Å². The van der Waals surface area contributed by atoms with Crippen molar-refractivity contribution in [1.82, 2.24) is 9.97 Å². The van der Waals surface area contributed by atoms with Crippen LogP contribution in [0.3, 0.4) is 0 Å². The lowest BCUT2D eigenvalue weighted by atomic mass is 10.4. The molecule has 0 atom stereocenters. The van der Waals surface area contributed by atoms with E-state index in [2.05, 4.69) is 9.97 Å². The Balaban J connectivity index is 2.69. The van der Waals surface area contributed by atoms with Gasteiger partial charge in [0.1, 0.15) is 15.2 Å². The van der Waals surface area contributed by atoms with Crippen LogP contribution in [0, 0.1) is 0 Å². The molecule has 2 aromatic heterocycles. The van der Waals surface area contributed by atoms with Gasteiger partial charge in [-0.15, -0.1) is 23.1 Å². The molecule has 0 N–H and O–H groups in total. The van der Waals surface area contributed by atoms with E-state index in [9.17, 15) is 4.79 Å². The van der Waals surface area contributed by atoms with Gasteiger partial charge in [0.15, 0.2) is 0 Å². The van der Waals surface area contributed by atoms with Gasteiger partial charge in [0, 0.05) is 12.4 Å². The minimum atomic E-state index is -0.329. The quantitative estimate of drug-likeness (QED) is 0.595. The Kier molecular flexibility index (Phi) is 2.88. The summed E-state index contributed by atoms with van der Waals surface area (Å²) in [6.45, 7) is 0. The molecule has 0 saturated heterocycles. The molecule has 0 aliphatic carbocycles. The lowest BCUT2D eigenvalue weighted by Gasteiger charge is -1.97. The van der Waals surface area contributed by atoms with Crippen LogP contribution in [-0.2, 0) is 4.74 Å². The van der Waals surface area contributed by atoms with E-state index >= 15 is 0 Å². The molecule has 0 aliphatic rings. The number of rotatable bonds is 2. The third kappa shape index (κ3) is 1.70. The Morgan fingerprint density at radius 2 is 2.20 bits per heavy atom. The molecule has 0 bridgehead atoms. The smallest absolute Gasteiger partial charge is 0.349 e. The fraction of sp³-hybridized carbons (Fsp3) is 0.222. The second-order valence-electron chi connectivity index (χ2n) is 2.67. The molecular weight excluding hydrogens is 232 g/mol. The summed E-state index contributed by atoms with van der Waals surface area (Å²) in [7, 11) is 1.37. The van der Waals surface area contributed by atoms with E-state index in [-0.39, 0.29) is 5.97 Å².